The normalized spacial score (nSPS) is 12.5. The van der Waals surface area contributed by atoms with Crippen LogP contribution in [-0.2, 0) is 19.4 Å². The topological polar surface area (TPSA) is 60.4 Å². The zero-order valence-corrected chi connectivity index (χ0v) is 22.8. The van der Waals surface area contributed by atoms with E-state index in [9.17, 15) is 13.2 Å². The van der Waals surface area contributed by atoms with Gasteiger partial charge in [0.25, 0.3) is 0 Å². The highest BCUT2D eigenvalue weighted by Gasteiger charge is 2.13. The molecule has 2 aromatic carbocycles. The molecule has 0 saturated carbocycles. The number of ether oxygens (including phenoxy) is 1. The Morgan fingerprint density at radius 2 is 1.54 bits per heavy atom. The van der Waals surface area contributed by atoms with Crippen LogP contribution in [0.2, 0.25) is 0 Å². The molecule has 35 heavy (non-hydrogen) atoms. The van der Waals surface area contributed by atoms with Gasteiger partial charge in [-0.25, -0.2) is 13.2 Å². The highest BCUT2D eigenvalue weighted by molar-refractivity contribution is 7.99. The van der Waals surface area contributed by atoms with Crippen molar-refractivity contribution in [1.82, 2.24) is 0 Å². The molecule has 2 rings (SSSR count). The van der Waals surface area contributed by atoms with Crippen LogP contribution in [0.1, 0.15) is 64.0 Å². The van der Waals surface area contributed by atoms with E-state index in [0.29, 0.717) is 23.5 Å². The number of thioether (sulfide) groups is 1. The largest absolute Gasteiger partial charge is 0.462 e. The van der Waals surface area contributed by atoms with Crippen LogP contribution >= 0.6 is 11.8 Å². The molecule has 0 aromatic heterocycles. The van der Waals surface area contributed by atoms with Crippen LogP contribution < -0.4 is 0 Å². The van der Waals surface area contributed by atoms with Gasteiger partial charge in [-0.1, -0.05) is 76.1 Å². The molecule has 0 saturated heterocycles. The van der Waals surface area contributed by atoms with Crippen LogP contribution in [0.15, 0.2) is 70.5 Å². The van der Waals surface area contributed by atoms with Gasteiger partial charge in [-0.05, 0) is 61.1 Å². The van der Waals surface area contributed by atoms with Gasteiger partial charge in [-0.3, -0.25) is 0 Å². The smallest absolute Gasteiger partial charge is 0.333 e. The lowest BCUT2D eigenvalue weighted by Gasteiger charge is -2.07. The maximum Gasteiger partial charge on any atom is 0.333 e. The van der Waals surface area contributed by atoms with Gasteiger partial charge in [0.05, 0.1) is 17.3 Å². The highest BCUT2D eigenvalue weighted by Crippen LogP contribution is 2.23. The summed E-state index contributed by atoms with van der Waals surface area (Å²) in [7, 11) is -3.30. The molecule has 0 spiro atoms. The number of carbonyl (C=O) groups excluding carboxylic acids is 1. The Bertz CT molecular complexity index is 1070. The van der Waals surface area contributed by atoms with Crippen LogP contribution in [0.4, 0.5) is 0 Å². The van der Waals surface area contributed by atoms with Crippen molar-refractivity contribution in [2.24, 2.45) is 5.92 Å². The number of benzene rings is 2. The molecule has 1 unspecified atom stereocenters. The number of carbonyl (C=O) groups is 1. The number of hydrogen-bond acceptors (Lipinski definition) is 5. The molecule has 4 nitrogen and oxygen atoms in total. The molecular weight excluding hydrogens is 476 g/mol. The summed E-state index contributed by atoms with van der Waals surface area (Å²) in [6.45, 7) is 9.99. The van der Waals surface area contributed by atoms with Crippen LogP contribution in [-0.4, -0.2) is 32.5 Å². The molecule has 0 aliphatic rings. The Hall–Kier alpha value is -2.31. The maximum absolute atomic E-state index is 12.6. The summed E-state index contributed by atoms with van der Waals surface area (Å²) in [6.07, 6.45) is 8.15. The molecule has 1 atom stereocenters. The molecule has 6 heteroatoms. The number of sulfone groups is 1. The zero-order chi connectivity index (χ0) is 25.7. The Kier molecular flexibility index (Phi) is 12.4. The number of rotatable bonds is 15. The lowest BCUT2D eigenvalue weighted by molar-refractivity contribution is -0.139. The van der Waals surface area contributed by atoms with Crippen LogP contribution in [0.3, 0.4) is 0 Å². The quantitative estimate of drug-likeness (QED) is 0.0812. The van der Waals surface area contributed by atoms with E-state index < -0.39 is 9.84 Å². The van der Waals surface area contributed by atoms with E-state index in [0.717, 1.165) is 42.1 Å². The molecule has 0 fully saturated rings. The fourth-order valence-corrected chi connectivity index (χ4v) is 5.58. The third kappa shape index (κ3) is 10.9. The summed E-state index contributed by atoms with van der Waals surface area (Å²) < 4.78 is 30.3. The van der Waals surface area contributed by atoms with Crippen molar-refractivity contribution in [2.75, 3.05) is 18.1 Å². The van der Waals surface area contributed by atoms with Gasteiger partial charge in [-0.15, -0.1) is 11.8 Å². The zero-order valence-electron chi connectivity index (χ0n) is 21.2. The number of esters is 1. The number of unbranched alkanes of at least 4 members (excludes halogenated alkanes) is 3. The van der Waals surface area contributed by atoms with E-state index in [1.807, 2.05) is 36.0 Å². The van der Waals surface area contributed by atoms with Crippen LogP contribution in [0.25, 0.3) is 12.2 Å². The van der Waals surface area contributed by atoms with Gasteiger partial charge < -0.3 is 4.74 Å². The molecule has 0 N–H and O–H groups in total. The first-order chi connectivity index (χ1) is 16.7. The van der Waals surface area contributed by atoms with Crippen molar-refractivity contribution in [3.05, 3.63) is 71.8 Å². The van der Waals surface area contributed by atoms with Crippen LogP contribution in [0.5, 0.6) is 0 Å². The van der Waals surface area contributed by atoms with E-state index in [1.165, 1.54) is 11.3 Å². The van der Waals surface area contributed by atoms with E-state index in [4.69, 9.17) is 4.74 Å². The molecule has 0 amide bonds. The minimum atomic E-state index is -3.30. The highest BCUT2D eigenvalue weighted by atomic mass is 32.2. The molecular formula is C29H38O4S2. The van der Waals surface area contributed by atoms with Gasteiger partial charge in [0.1, 0.15) is 0 Å². The van der Waals surface area contributed by atoms with E-state index >= 15 is 0 Å². The van der Waals surface area contributed by atoms with E-state index in [1.54, 1.807) is 19.1 Å². The fourth-order valence-electron chi connectivity index (χ4n) is 3.16. The molecule has 0 heterocycles. The summed E-state index contributed by atoms with van der Waals surface area (Å²) in [6, 6.07) is 15.6. The van der Waals surface area contributed by atoms with Crippen molar-refractivity contribution in [2.45, 2.75) is 62.7 Å². The third-order valence-corrected chi connectivity index (χ3v) is 8.87. The first kappa shape index (κ1) is 28.9. The molecule has 0 radical (unpaired) electrons. The van der Waals surface area contributed by atoms with Crippen molar-refractivity contribution in [3.8, 4) is 0 Å². The third-order valence-electron chi connectivity index (χ3n) is 5.71. The lowest BCUT2D eigenvalue weighted by atomic mass is 10.1. The predicted octanol–water partition coefficient (Wildman–Crippen LogP) is 7.45. The molecule has 0 bridgehead atoms. The first-order valence-corrected chi connectivity index (χ1v) is 14.9. The Morgan fingerprint density at radius 3 is 2.11 bits per heavy atom. The van der Waals surface area contributed by atoms with Gasteiger partial charge in [0.2, 0.25) is 0 Å². The summed E-state index contributed by atoms with van der Waals surface area (Å²) in [5.74, 6) is 1.59. The average Bonchev–Trinajstić information content (AvgIpc) is 2.86. The van der Waals surface area contributed by atoms with Crippen molar-refractivity contribution < 1.29 is 17.9 Å². The summed E-state index contributed by atoms with van der Waals surface area (Å²) in [5.41, 5.74) is 2.46. The minimum Gasteiger partial charge on any atom is -0.462 e. The van der Waals surface area contributed by atoms with Gasteiger partial charge in [-0.2, -0.15) is 0 Å². The van der Waals surface area contributed by atoms with Gasteiger partial charge >= 0.3 is 5.97 Å². The van der Waals surface area contributed by atoms with Crippen LogP contribution in [0, 0.1) is 5.92 Å². The van der Waals surface area contributed by atoms with Gasteiger partial charge in [0, 0.05) is 16.2 Å². The average molecular weight is 515 g/mol. The Morgan fingerprint density at radius 1 is 0.971 bits per heavy atom. The van der Waals surface area contributed by atoms with E-state index in [2.05, 4.69) is 44.7 Å². The molecule has 2 aromatic rings. The SMILES string of the molecule is C=C(C)C(=O)OCCCCCCS(=O)(=O)c1ccc(/C=C/c2ccc(SCC(C)CC)cc2)cc1. The predicted molar refractivity (Wildman–Crippen MR) is 148 cm³/mol. The number of hydrogen-bond donors (Lipinski definition) is 0. The first-order valence-electron chi connectivity index (χ1n) is 12.3. The van der Waals surface area contributed by atoms with Crippen molar-refractivity contribution in [1.29, 1.82) is 0 Å². The Balaban J connectivity index is 1.77. The second kappa shape index (κ2) is 14.9. The second-order valence-electron chi connectivity index (χ2n) is 8.95. The van der Waals surface area contributed by atoms with E-state index in [-0.39, 0.29) is 11.7 Å². The minimum absolute atomic E-state index is 0.120. The summed E-state index contributed by atoms with van der Waals surface area (Å²) in [4.78, 5) is 12.9. The van der Waals surface area contributed by atoms with Crippen molar-refractivity contribution >= 4 is 39.7 Å². The summed E-state index contributed by atoms with van der Waals surface area (Å²) in [5, 5.41) is 0. The fraction of sp³-hybridized carbons (Fsp3) is 0.414. The molecule has 190 valence electrons. The van der Waals surface area contributed by atoms with Gasteiger partial charge in [0.15, 0.2) is 9.84 Å². The monoisotopic (exact) mass is 514 g/mol. The second-order valence-corrected chi connectivity index (χ2v) is 12.1. The molecule has 0 aliphatic carbocycles. The molecule has 0 aliphatic heterocycles. The Labute approximate surface area is 215 Å². The lowest BCUT2D eigenvalue weighted by Crippen LogP contribution is -2.08. The summed E-state index contributed by atoms with van der Waals surface area (Å²) >= 11 is 1.89. The van der Waals surface area contributed by atoms with Crippen molar-refractivity contribution in [3.63, 3.8) is 0 Å². The maximum atomic E-state index is 12.6. The standard InChI is InChI=1S/C29H38O4S2/c1-5-24(4)22-34-27-16-12-25(13-17-27)10-11-26-14-18-28(19-15-26)35(31,32)21-9-7-6-8-20-33-29(30)23(2)3/h10-19,24H,2,5-9,20-22H2,1,3-4H3/b11-10+.